The summed E-state index contributed by atoms with van der Waals surface area (Å²) in [5.41, 5.74) is 0. The summed E-state index contributed by atoms with van der Waals surface area (Å²) in [7, 11) is 0. The molecule has 1 N–H and O–H groups in total. The normalized spacial score (nSPS) is 44.1. The maximum Gasteiger partial charge on any atom is 0.0103 e. The molecule has 0 aromatic rings. The van der Waals surface area contributed by atoms with Gasteiger partial charge in [0, 0.05) is 12.1 Å². The Kier molecular flexibility index (Phi) is 1.48. The zero-order valence-electron chi connectivity index (χ0n) is 6.93. The predicted molar refractivity (Wildman–Crippen MR) is 42.9 cm³/mol. The molecule has 1 nitrogen and oxygen atoms in total. The van der Waals surface area contributed by atoms with Crippen LogP contribution in [0.1, 0.15) is 33.1 Å². The minimum atomic E-state index is 0.687. The van der Waals surface area contributed by atoms with Crippen LogP contribution in [0.4, 0.5) is 0 Å². The molecule has 1 unspecified atom stereocenters. The molecule has 2 fully saturated rings. The molecule has 10 heavy (non-hydrogen) atoms. The number of rotatable bonds is 2. The average Bonchev–Trinajstić information content (AvgIpc) is 1.80. The van der Waals surface area contributed by atoms with Crippen LogP contribution in [-0.4, -0.2) is 12.1 Å². The standard InChI is InChI=1S/C9H17N/c1-6(2)10-9-5-7-3-4-8(7)9/h6-10H,3-5H2,1-2H3/t7?,8-,9+/m0/s1. The van der Waals surface area contributed by atoms with Crippen LogP contribution in [0.25, 0.3) is 0 Å². The molecule has 0 aliphatic heterocycles. The minimum absolute atomic E-state index is 0.687. The van der Waals surface area contributed by atoms with Crippen molar-refractivity contribution in [3.05, 3.63) is 0 Å². The van der Waals surface area contributed by atoms with Crippen molar-refractivity contribution in [3.8, 4) is 0 Å². The molecule has 58 valence electrons. The lowest BCUT2D eigenvalue weighted by molar-refractivity contribution is 0.00166. The van der Waals surface area contributed by atoms with Gasteiger partial charge in [-0.2, -0.15) is 0 Å². The Bertz CT molecular complexity index is 131. The molecule has 2 aliphatic carbocycles. The van der Waals surface area contributed by atoms with Gasteiger partial charge < -0.3 is 5.32 Å². The molecule has 3 atom stereocenters. The van der Waals surface area contributed by atoms with Gasteiger partial charge in [-0.05, 0) is 31.1 Å². The first kappa shape index (κ1) is 6.66. The molecule has 0 heterocycles. The molecule has 0 radical (unpaired) electrons. The number of nitrogens with one attached hydrogen (secondary N) is 1. The first-order valence-electron chi connectivity index (χ1n) is 4.53. The topological polar surface area (TPSA) is 12.0 Å². The van der Waals surface area contributed by atoms with E-state index in [9.17, 15) is 0 Å². The van der Waals surface area contributed by atoms with E-state index in [-0.39, 0.29) is 0 Å². The van der Waals surface area contributed by atoms with Crippen LogP contribution in [0.3, 0.4) is 0 Å². The van der Waals surface area contributed by atoms with Gasteiger partial charge in [0.2, 0.25) is 0 Å². The Morgan fingerprint density at radius 3 is 2.40 bits per heavy atom. The smallest absolute Gasteiger partial charge is 0.0103 e. The Labute approximate surface area is 63.2 Å². The Morgan fingerprint density at radius 1 is 1.30 bits per heavy atom. The zero-order valence-corrected chi connectivity index (χ0v) is 6.93. The molecular weight excluding hydrogens is 122 g/mol. The summed E-state index contributed by atoms with van der Waals surface area (Å²) in [5, 5.41) is 3.61. The Hall–Kier alpha value is -0.0400. The van der Waals surface area contributed by atoms with Gasteiger partial charge in [0.15, 0.2) is 0 Å². The van der Waals surface area contributed by atoms with Crippen molar-refractivity contribution in [1.29, 1.82) is 0 Å². The molecule has 0 aromatic heterocycles. The van der Waals surface area contributed by atoms with Gasteiger partial charge in [-0.1, -0.05) is 13.8 Å². The van der Waals surface area contributed by atoms with E-state index >= 15 is 0 Å². The molecular formula is C9H17N. The van der Waals surface area contributed by atoms with Gasteiger partial charge in [0.25, 0.3) is 0 Å². The lowest BCUT2D eigenvalue weighted by Gasteiger charge is -2.54. The molecule has 0 spiro atoms. The van der Waals surface area contributed by atoms with Crippen LogP contribution in [0, 0.1) is 11.8 Å². The molecule has 2 saturated carbocycles. The second kappa shape index (κ2) is 2.23. The van der Waals surface area contributed by atoms with Crippen molar-refractivity contribution in [2.24, 2.45) is 11.8 Å². The highest BCUT2D eigenvalue weighted by molar-refractivity contribution is 5.01. The molecule has 0 saturated heterocycles. The van der Waals surface area contributed by atoms with Crippen molar-refractivity contribution < 1.29 is 0 Å². The molecule has 0 amide bonds. The van der Waals surface area contributed by atoms with Gasteiger partial charge in [0.1, 0.15) is 0 Å². The van der Waals surface area contributed by atoms with Gasteiger partial charge in [0.05, 0.1) is 0 Å². The summed E-state index contributed by atoms with van der Waals surface area (Å²) >= 11 is 0. The highest BCUT2D eigenvalue weighted by Crippen LogP contribution is 2.50. The van der Waals surface area contributed by atoms with Crippen molar-refractivity contribution >= 4 is 0 Å². The summed E-state index contributed by atoms with van der Waals surface area (Å²) in [6.07, 6.45) is 4.47. The first-order valence-corrected chi connectivity index (χ1v) is 4.53. The predicted octanol–water partition coefficient (Wildman–Crippen LogP) is 1.78. The highest BCUT2D eigenvalue weighted by atomic mass is 15.0. The quantitative estimate of drug-likeness (QED) is 0.615. The highest BCUT2D eigenvalue weighted by Gasteiger charge is 2.46. The van der Waals surface area contributed by atoms with Gasteiger partial charge in [-0.25, -0.2) is 0 Å². The fraction of sp³-hybridized carbons (Fsp3) is 1.00. The van der Waals surface area contributed by atoms with E-state index in [4.69, 9.17) is 0 Å². The Balaban J connectivity index is 1.76. The number of hydrogen-bond donors (Lipinski definition) is 1. The van der Waals surface area contributed by atoms with E-state index < -0.39 is 0 Å². The monoisotopic (exact) mass is 139 g/mol. The fourth-order valence-corrected chi connectivity index (χ4v) is 2.34. The molecule has 0 bridgehead atoms. The summed E-state index contributed by atoms with van der Waals surface area (Å²) in [6, 6.07) is 1.57. The zero-order chi connectivity index (χ0) is 7.14. The van der Waals surface area contributed by atoms with E-state index in [1.807, 2.05) is 0 Å². The van der Waals surface area contributed by atoms with Crippen molar-refractivity contribution in [3.63, 3.8) is 0 Å². The lowest BCUT2D eigenvalue weighted by Crippen LogP contribution is -2.57. The van der Waals surface area contributed by atoms with Crippen LogP contribution in [0.2, 0.25) is 0 Å². The van der Waals surface area contributed by atoms with Crippen molar-refractivity contribution in [1.82, 2.24) is 5.32 Å². The molecule has 2 aliphatic rings. The van der Waals surface area contributed by atoms with Gasteiger partial charge in [-0.3, -0.25) is 0 Å². The van der Waals surface area contributed by atoms with E-state index in [2.05, 4.69) is 19.2 Å². The van der Waals surface area contributed by atoms with Crippen LogP contribution in [-0.2, 0) is 0 Å². The van der Waals surface area contributed by atoms with E-state index in [0.717, 1.165) is 17.9 Å². The molecule has 2 rings (SSSR count). The van der Waals surface area contributed by atoms with Crippen LogP contribution in [0.15, 0.2) is 0 Å². The number of fused-ring (bicyclic) bond motifs is 1. The Morgan fingerprint density at radius 2 is 2.10 bits per heavy atom. The summed E-state index contributed by atoms with van der Waals surface area (Å²) in [5.74, 6) is 2.19. The molecule has 1 heteroatoms. The van der Waals surface area contributed by atoms with Crippen LogP contribution in [0.5, 0.6) is 0 Å². The van der Waals surface area contributed by atoms with Crippen LogP contribution < -0.4 is 5.32 Å². The van der Waals surface area contributed by atoms with Crippen molar-refractivity contribution in [2.45, 2.75) is 45.2 Å². The largest absolute Gasteiger partial charge is 0.311 e. The first-order chi connectivity index (χ1) is 4.77. The lowest BCUT2D eigenvalue weighted by atomic mass is 9.56. The van der Waals surface area contributed by atoms with Gasteiger partial charge in [-0.15, -0.1) is 0 Å². The summed E-state index contributed by atoms with van der Waals surface area (Å²) in [6.45, 7) is 4.48. The van der Waals surface area contributed by atoms with Gasteiger partial charge >= 0.3 is 0 Å². The second-order valence-electron chi connectivity index (χ2n) is 4.16. The third-order valence-corrected chi connectivity index (χ3v) is 3.10. The fourth-order valence-electron chi connectivity index (χ4n) is 2.34. The third kappa shape index (κ3) is 0.878. The second-order valence-corrected chi connectivity index (χ2v) is 4.16. The van der Waals surface area contributed by atoms with E-state index in [1.165, 1.54) is 19.3 Å². The van der Waals surface area contributed by atoms with Crippen molar-refractivity contribution in [2.75, 3.05) is 0 Å². The SMILES string of the molecule is CC(C)N[C@@H]1CC2CC[C@@H]21. The minimum Gasteiger partial charge on any atom is -0.311 e. The molecule has 0 aromatic carbocycles. The summed E-state index contributed by atoms with van der Waals surface area (Å²) < 4.78 is 0. The van der Waals surface area contributed by atoms with Crippen LogP contribution >= 0.6 is 0 Å². The average molecular weight is 139 g/mol. The van der Waals surface area contributed by atoms with E-state index in [0.29, 0.717) is 6.04 Å². The maximum atomic E-state index is 3.61. The third-order valence-electron chi connectivity index (χ3n) is 3.10. The van der Waals surface area contributed by atoms with E-state index in [1.54, 1.807) is 0 Å². The summed E-state index contributed by atoms with van der Waals surface area (Å²) in [4.78, 5) is 0. The maximum absolute atomic E-state index is 3.61. The number of hydrogen-bond acceptors (Lipinski definition) is 1.